The Morgan fingerprint density at radius 1 is 1.21 bits per heavy atom. The summed E-state index contributed by atoms with van der Waals surface area (Å²) in [5.41, 5.74) is 2.87. The highest BCUT2D eigenvalue weighted by Crippen LogP contribution is 2.33. The van der Waals surface area contributed by atoms with Gasteiger partial charge in [-0.1, -0.05) is 18.2 Å². The summed E-state index contributed by atoms with van der Waals surface area (Å²) >= 11 is 3.40. The molecule has 1 amide bonds. The Kier molecular flexibility index (Phi) is 4.10. The van der Waals surface area contributed by atoms with Crippen molar-refractivity contribution in [2.24, 2.45) is 0 Å². The lowest BCUT2D eigenvalue weighted by Gasteiger charge is -2.35. The maximum absolute atomic E-state index is 13.0. The largest absolute Gasteiger partial charge is 0.357 e. The van der Waals surface area contributed by atoms with E-state index < -0.39 is 0 Å². The number of halogens is 1. The number of nitrogens with one attached hydrogen (secondary N) is 1. The highest BCUT2D eigenvalue weighted by Gasteiger charge is 2.30. The maximum Gasteiger partial charge on any atom is 0.256 e. The normalized spacial score (nSPS) is 18.0. The molecule has 3 aromatic rings. The summed E-state index contributed by atoms with van der Waals surface area (Å²) in [5, 5.41) is 1.19. The van der Waals surface area contributed by atoms with Crippen LogP contribution in [0.15, 0.2) is 53.3 Å². The molecule has 0 saturated carbocycles. The van der Waals surface area contributed by atoms with E-state index in [4.69, 9.17) is 0 Å². The van der Waals surface area contributed by atoms with Crippen LogP contribution in [0.2, 0.25) is 0 Å². The lowest BCUT2D eigenvalue weighted by Crippen LogP contribution is -2.38. The molecule has 4 nitrogen and oxygen atoms in total. The Balaban J connectivity index is 1.69. The summed E-state index contributed by atoms with van der Waals surface area (Å²) in [6.07, 6.45) is 6.51. The van der Waals surface area contributed by atoms with Gasteiger partial charge in [-0.3, -0.25) is 9.78 Å². The van der Waals surface area contributed by atoms with E-state index in [1.54, 1.807) is 12.4 Å². The molecular formula is C19H18BrN3O. The SMILES string of the molecule is O=C(c1cncc(Br)c1)N1CCCCC1c1cc2ccccc2[nH]1. The first-order valence-corrected chi connectivity index (χ1v) is 9.01. The molecule has 1 fully saturated rings. The van der Waals surface area contributed by atoms with Crippen molar-refractivity contribution in [3.8, 4) is 0 Å². The zero-order valence-corrected chi connectivity index (χ0v) is 14.8. The van der Waals surface area contributed by atoms with Gasteiger partial charge in [0.15, 0.2) is 0 Å². The number of rotatable bonds is 2. The van der Waals surface area contributed by atoms with E-state index >= 15 is 0 Å². The molecule has 0 radical (unpaired) electrons. The van der Waals surface area contributed by atoms with Gasteiger partial charge in [-0.05, 0) is 58.8 Å². The maximum atomic E-state index is 13.0. The third-order valence-electron chi connectivity index (χ3n) is 4.63. The molecule has 1 N–H and O–H groups in total. The van der Waals surface area contributed by atoms with Crippen LogP contribution in [0.1, 0.15) is 41.4 Å². The fraction of sp³-hybridized carbons (Fsp3) is 0.263. The Morgan fingerprint density at radius 3 is 2.92 bits per heavy atom. The molecule has 122 valence electrons. The van der Waals surface area contributed by atoms with Crippen LogP contribution in [0.3, 0.4) is 0 Å². The van der Waals surface area contributed by atoms with E-state index in [2.05, 4.69) is 44.1 Å². The number of piperidine rings is 1. The lowest BCUT2D eigenvalue weighted by atomic mass is 9.98. The minimum absolute atomic E-state index is 0.0483. The van der Waals surface area contributed by atoms with E-state index in [1.807, 2.05) is 23.1 Å². The number of carbonyl (C=O) groups is 1. The molecule has 1 unspecified atom stereocenters. The molecule has 5 heteroatoms. The second kappa shape index (κ2) is 6.40. The minimum atomic E-state index is 0.0483. The number of fused-ring (bicyclic) bond motifs is 1. The van der Waals surface area contributed by atoms with Crippen molar-refractivity contribution in [2.75, 3.05) is 6.54 Å². The molecule has 0 spiro atoms. The number of pyridine rings is 1. The number of nitrogens with zero attached hydrogens (tertiary/aromatic N) is 2. The second-order valence-electron chi connectivity index (χ2n) is 6.21. The van der Waals surface area contributed by atoms with Gasteiger partial charge in [0.2, 0.25) is 0 Å². The number of benzene rings is 1. The molecule has 2 aromatic heterocycles. The fourth-order valence-electron chi connectivity index (χ4n) is 3.47. The van der Waals surface area contributed by atoms with Crippen LogP contribution in [0.5, 0.6) is 0 Å². The predicted octanol–water partition coefficient (Wildman–Crippen LogP) is 4.69. The molecule has 1 atom stereocenters. The molecule has 1 aliphatic heterocycles. The zero-order chi connectivity index (χ0) is 16.5. The summed E-state index contributed by atoms with van der Waals surface area (Å²) in [6.45, 7) is 0.783. The van der Waals surface area contributed by atoms with Gasteiger partial charge in [-0.2, -0.15) is 0 Å². The molecule has 1 aliphatic rings. The number of H-pyrrole nitrogens is 1. The van der Waals surface area contributed by atoms with Crippen LogP contribution in [0, 0.1) is 0 Å². The van der Waals surface area contributed by atoms with Crippen molar-refractivity contribution in [1.82, 2.24) is 14.9 Å². The lowest BCUT2D eigenvalue weighted by molar-refractivity contribution is 0.0606. The molecule has 24 heavy (non-hydrogen) atoms. The fourth-order valence-corrected chi connectivity index (χ4v) is 3.83. The van der Waals surface area contributed by atoms with Crippen LogP contribution in [0.25, 0.3) is 10.9 Å². The second-order valence-corrected chi connectivity index (χ2v) is 7.13. The van der Waals surface area contributed by atoms with Gasteiger partial charge in [0.25, 0.3) is 5.91 Å². The average Bonchev–Trinajstić information content (AvgIpc) is 3.05. The Morgan fingerprint density at radius 2 is 2.08 bits per heavy atom. The molecular weight excluding hydrogens is 366 g/mol. The topological polar surface area (TPSA) is 49.0 Å². The standard InChI is InChI=1S/C19H18BrN3O/c20-15-9-14(11-21-12-15)19(24)23-8-4-3-7-18(23)17-10-13-5-1-2-6-16(13)22-17/h1-2,5-6,9-12,18,22H,3-4,7-8H2. The van der Waals surface area contributed by atoms with Crippen molar-refractivity contribution in [1.29, 1.82) is 0 Å². The van der Waals surface area contributed by atoms with Crippen molar-refractivity contribution in [3.63, 3.8) is 0 Å². The Hall–Kier alpha value is -2.14. The van der Waals surface area contributed by atoms with Gasteiger partial charge in [0.1, 0.15) is 0 Å². The predicted molar refractivity (Wildman–Crippen MR) is 97.9 cm³/mol. The van der Waals surface area contributed by atoms with Crippen molar-refractivity contribution < 1.29 is 4.79 Å². The molecule has 1 saturated heterocycles. The molecule has 4 rings (SSSR count). The first-order chi connectivity index (χ1) is 11.7. The summed E-state index contributed by atoms with van der Waals surface area (Å²) in [6, 6.07) is 12.3. The van der Waals surface area contributed by atoms with E-state index in [1.165, 1.54) is 5.39 Å². The smallest absolute Gasteiger partial charge is 0.256 e. The van der Waals surface area contributed by atoms with Crippen LogP contribution in [-0.4, -0.2) is 27.3 Å². The van der Waals surface area contributed by atoms with Crippen LogP contribution < -0.4 is 0 Å². The van der Waals surface area contributed by atoms with E-state index in [0.29, 0.717) is 5.56 Å². The third-order valence-corrected chi connectivity index (χ3v) is 5.06. The summed E-state index contributed by atoms with van der Waals surface area (Å²) < 4.78 is 0.826. The van der Waals surface area contributed by atoms with E-state index in [9.17, 15) is 4.79 Å². The number of hydrogen-bond acceptors (Lipinski definition) is 2. The van der Waals surface area contributed by atoms with Crippen molar-refractivity contribution >= 4 is 32.7 Å². The number of aromatic amines is 1. The number of hydrogen-bond donors (Lipinski definition) is 1. The number of aromatic nitrogens is 2. The average molecular weight is 384 g/mol. The molecule has 0 bridgehead atoms. The molecule has 0 aliphatic carbocycles. The minimum Gasteiger partial charge on any atom is -0.357 e. The van der Waals surface area contributed by atoms with Crippen LogP contribution in [0.4, 0.5) is 0 Å². The third kappa shape index (κ3) is 2.84. The quantitative estimate of drug-likeness (QED) is 0.697. The first kappa shape index (κ1) is 15.4. The number of para-hydroxylation sites is 1. The van der Waals surface area contributed by atoms with Gasteiger partial charge in [0, 0.05) is 34.6 Å². The monoisotopic (exact) mass is 383 g/mol. The summed E-state index contributed by atoms with van der Waals surface area (Å²) in [5.74, 6) is 0.0483. The Labute approximate surface area is 149 Å². The molecule has 3 heterocycles. The zero-order valence-electron chi connectivity index (χ0n) is 13.2. The Bertz CT molecular complexity index is 856. The van der Waals surface area contributed by atoms with Gasteiger partial charge >= 0.3 is 0 Å². The van der Waals surface area contributed by atoms with Gasteiger partial charge in [-0.25, -0.2) is 0 Å². The highest BCUT2D eigenvalue weighted by atomic mass is 79.9. The van der Waals surface area contributed by atoms with Gasteiger partial charge < -0.3 is 9.88 Å². The van der Waals surface area contributed by atoms with Gasteiger partial charge in [-0.15, -0.1) is 0 Å². The molecule has 1 aromatic carbocycles. The highest BCUT2D eigenvalue weighted by molar-refractivity contribution is 9.10. The summed E-state index contributed by atoms with van der Waals surface area (Å²) in [4.78, 5) is 22.6. The van der Waals surface area contributed by atoms with Crippen LogP contribution >= 0.6 is 15.9 Å². The number of carbonyl (C=O) groups excluding carboxylic acids is 1. The number of amides is 1. The van der Waals surface area contributed by atoms with Crippen LogP contribution in [-0.2, 0) is 0 Å². The number of likely N-dealkylation sites (tertiary alicyclic amines) is 1. The van der Waals surface area contributed by atoms with Gasteiger partial charge in [0.05, 0.1) is 11.6 Å². The van der Waals surface area contributed by atoms with E-state index in [0.717, 1.165) is 41.5 Å². The first-order valence-electron chi connectivity index (χ1n) is 8.21. The van der Waals surface area contributed by atoms with Crippen molar-refractivity contribution in [2.45, 2.75) is 25.3 Å². The van der Waals surface area contributed by atoms with Crippen molar-refractivity contribution in [3.05, 3.63) is 64.5 Å². The van der Waals surface area contributed by atoms with E-state index in [-0.39, 0.29) is 11.9 Å². The summed E-state index contributed by atoms with van der Waals surface area (Å²) in [7, 11) is 0.